The van der Waals surface area contributed by atoms with Gasteiger partial charge in [0.05, 0.1) is 10.8 Å². The lowest BCUT2D eigenvalue weighted by molar-refractivity contribution is -0.384. The van der Waals surface area contributed by atoms with Crippen LogP contribution < -0.4 is 0 Å². The van der Waals surface area contributed by atoms with Gasteiger partial charge in [0, 0.05) is 18.7 Å². The first-order valence-corrected chi connectivity index (χ1v) is 5.03. The monoisotopic (exact) mass is 238 g/mol. The molecule has 0 radical (unpaired) electrons. The van der Waals surface area contributed by atoms with E-state index >= 15 is 0 Å². The molecule has 0 heterocycles. The number of carboxylic acids is 1. The molecule has 0 aliphatic rings. The van der Waals surface area contributed by atoms with E-state index in [4.69, 9.17) is 5.11 Å². The molecule has 6 nitrogen and oxygen atoms in total. The molecule has 0 fully saturated rings. The third kappa shape index (κ3) is 3.53. The maximum atomic E-state index is 11.1. The van der Waals surface area contributed by atoms with Gasteiger partial charge in [-0.1, -0.05) is 12.1 Å². The summed E-state index contributed by atoms with van der Waals surface area (Å²) < 4.78 is 0. The molecule has 1 atom stereocenters. The Morgan fingerprint density at radius 3 is 2.29 bits per heavy atom. The SMILES string of the molecule is CN(C)CC(C(=O)O)c1ccc([N+](=O)[O-])cc1. The molecule has 0 aliphatic heterocycles. The fourth-order valence-electron chi connectivity index (χ4n) is 1.52. The van der Waals surface area contributed by atoms with Crippen LogP contribution in [0.25, 0.3) is 0 Å². The van der Waals surface area contributed by atoms with E-state index in [1.54, 1.807) is 19.0 Å². The maximum Gasteiger partial charge on any atom is 0.312 e. The molecule has 1 unspecified atom stereocenters. The second-order valence-corrected chi connectivity index (χ2v) is 4.00. The van der Waals surface area contributed by atoms with Crippen molar-refractivity contribution in [3.63, 3.8) is 0 Å². The zero-order chi connectivity index (χ0) is 13.0. The normalized spacial score (nSPS) is 12.4. The number of non-ortho nitro benzene ring substituents is 1. The molecule has 0 saturated heterocycles. The summed E-state index contributed by atoms with van der Waals surface area (Å²) in [7, 11) is 3.56. The van der Waals surface area contributed by atoms with E-state index in [0.717, 1.165) is 0 Å². The minimum atomic E-state index is -0.937. The number of hydrogen-bond donors (Lipinski definition) is 1. The van der Waals surface area contributed by atoms with E-state index in [-0.39, 0.29) is 5.69 Å². The number of nitro benzene ring substituents is 1. The van der Waals surface area contributed by atoms with E-state index in [0.29, 0.717) is 12.1 Å². The van der Waals surface area contributed by atoms with E-state index in [9.17, 15) is 14.9 Å². The summed E-state index contributed by atoms with van der Waals surface area (Å²) in [5, 5.41) is 19.6. The summed E-state index contributed by atoms with van der Waals surface area (Å²) in [6.45, 7) is 0.354. The topological polar surface area (TPSA) is 83.7 Å². The largest absolute Gasteiger partial charge is 0.481 e. The molecule has 1 aromatic carbocycles. The fourth-order valence-corrected chi connectivity index (χ4v) is 1.52. The first-order valence-electron chi connectivity index (χ1n) is 5.03. The van der Waals surface area contributed by atoms with Gasteiger partial charge in [-0.15, -0.1) is 0 Å². The molecular weight excluding hydrogens is 224 g/mol. The molecule has 1 rings (SSSR count). The molecule has 1 N–H and O–H groups in total. The highest BCUT2D eigenvalue weighted by atomic mass is 16.6. The second kappa shape index (κ2) is 5.40. The van der Waals surface area contributed by atoms with Crippen molar-refractivity contribution in [1.82, 2.24) is 4.90 Å². The first-order chi connectivity index (χ1) is 7.91. The van der Waals surface area contributed by atoms with Gasteiger partial charge in [-0.3, -0.25) is 14.9 Å². The quantitative estimate of drug-likeness (QED) is 0.618. The number of hydrogen-bond acceptors (Lipinski definition) is 4. The van der Waals surface area contributed by atoms with Gasteiger partial charge in [-0.25, -0.2) is 0 Å². The van der Waals surface area contributed by atoms with Crippen LogP contribution in [0, 0.1) is 10.1 Å². The molecule has 0 bridgehead atoms. The van der Waals surface area contributed by atoms with Crippen molar-refractivity contribution in [2.75, 3.05) is 20.6 Å². The van der Waals surface area contributed by atoms with Crippen molar-refractivity contribution in [2.45, 2.75) is 5.92 Å². The summed E-state index contributed by atoms with van der Waals surface area (Å²) in [6.07, 6.45) is 0. The van der Waals surface area contributed by atoms with E-state index in [1.165, 1.54) is 24.3 Å². The smallest absolute Gasteiger partial charge is 0.312 e. The summed E-state index contributed by atoms with van der Waals surface area (Å²) in [6, 6.07) is 5.61. The van der Waals surface area contributed by atoms with Gasteiger partial charge in [0.1, 0.15) is 0 Å². The average Bonchev–Trinajstić information content (AvgIpc) is 2.25. The lowest BCUT2D eigenvalue weighted by Crippen LogP contribution is -2.25. The predicted octanol–water partition coefficient (Wildman–Crippen LogP) is 1.32. The summed E-state index contributed by atoms with van der Waals surface area (Å²) >= 11 is 0. The molecule has 1 aromatic rings. The lowest BCUT2D eigenvalue weighted by atomic mass is 9.98. The Morgan fingerprint density at radius 2 is 1.94 bits per heavy atom. The van der Waals surface area contributed by atoms with Crippen LogP contribution in [-0.2, 0) is 4.79 Å². The standard InChI is InChI=1S/C11H14N2O4/c1-12(2)7-10(11(14)15)8-3-5-9(6-4-8)13(16)17/h3-6,10H,7H2,1-2H3,(H,14,15). The second-order valence-electron chi connectivity index (χ2n) is 4.00. The number of benzene rings is 1. The molecule has 0 aliphatic carbocycles. The molecule has 0 spiro atoms. The summed E-state index contributed by atoms with van der Waals surface area (Å²) in [5.74, 6) is -1.61. The zero-order valence-electron chi connectivity index (χ0n) is 9.66. The van der Waals surface area contributed by atoms with Crippen molar-refractivity contribution < 1.29 is 14.8 Å². The number of nitrogens with zero attached hydrogens (tertiary/aromatic N) is 2. The number of carboxylic acid groups (broad SMARTS) is 1. The molecule has 0 amide bonds. The van der Waals surface area contributed by atoms with E-state index in [2.05, 4.69) is 0 Å². The average molecular weight is 238 g/mol. The molecule has 0 aromatic heterocycles. The third-order valence-electron chi connectivity index (χ3n) is 2.35. The Hall–Kier alpha value is -1.95. The van der Waals surface area contributed by atoms with Crippen LogP contribution in [0.1, 0.15) is 11.5 Å². The molecule has 6 heteroatoms. The van der Waals surface area contributed by atoms with E-state index in [1.807, 2.05) is 0 Å². The van der Waals surface area contributed by atoms with Crippen LogP contribution in [0.3, 0.4) is 0 Å². The van der Waals surface area contributed by atoms with Crippen LogP contribution in [0.5, 0.6) is 0 Å². The molecule has 0 saturated carbocycles. The Labute approximate surface area is 98.6 Å². The number of likely N-dealkylation sites (N-methyl/N-ethyl adjacent to an activating group) is 1. The van der Waals surface area contributed by atoms with Crippen molar-refractivity contribution in [2.24, 2.45) is 0 Å². The predicted molar refractivity (Wildman–Crippen MR) is 62.0 cm³/mol. The summed E-state index contributed by atoms with van der Waals surface area (Å²) in [4.78, 5) is 22.8. The molecule has 92 valence electrons. The Bertz CT molecular complexity index is 414. The van der Waals surface area contributed by atoms with Gasteiger partial charge >= 0.3 is 5.97 Å². The van der Waals surface area contributed by atoms with Gasteiger partial charge in [0.2, 0.25) is 0 Å². The van der Waals surface area contributed by atoms with Crippen LogP contribution >= 0.6 is 0 Å². The third-order valence-corrected chi connectivity index (χ3v) is 2.35. The Kier molecular flexibility index (Phi) is 4.17. The van der Waals surface area contributed by atoms with Gasteiger partial charge in [-0.05, 0) is 19.7 Å². The Morgan fingerprint density at radius 1 is 1.41 bits per heavy atom. The minimum absolute atomic E-state index is 0.0391. The van der Waals surface area contributed by atoms with Crippen LogP contribution in [0.2, 0.25) is 0 Å². The van der Waals surface area contributed by atoms with Gasteiger partial charge in [0.25, 0.3) is 5.69 Å². The maximum absolute atomic E-state index is 11.1. The van der Waals surface area contributed by atoms with E-state index < -0.39 is 16.8 Å². The highest BCUT2D eigenvalue weighted by Gasteiger charge is 2.21. The number of carbonyl (C=O) groups is 1. The zero-order valence-corrected chi connectivity index (χ0v) is 9.66. The number of aliphatic carboxylic acids is 1. The Balaban J connectivity index is 2.95. The van der Waals surface area contributed by atoms with Gasteiger partial charge < -0.3 is 10.0 Å². The highest BCUT2D eigenvalue weighted by molar-refractivity contribution is 5.76. The van der Waals surface area contributed by atoms with Crippen molar-refractivity contribution >= 4 is 11.7 Å². The van der Waals surface area contributed by atoms with Crippen LogP contribution in [0.15, 0.2) is 24.3 Å². The highest BCUT2D eigenvalue weighted by Crippen LogP contribution is 2.20. The van der Waals surface area contributed by atoms with Crippen molar-refractivity contribution in [3.05, 3.63) is 39.9 Å². The number of rotatable bonds is 5. The van der Waals surface area contributed by atoms with Crippen LogP contribution in [-0.4, -0.2) is 41.5 Å². The first kappa shape index (κ1) is 13.1. The van der Waals surface area contributed by atoms with Gasteiger partial charge in [0.15, 0.2) is 0 Å². The van der Waals surface area contributed by atoms with Crippen molar-refractivity contribution in [1.29, 1.82) is 0 Å². The van der Waals surface area contributed by atoms with Crippen molar-refractivity contribution in [3.8, 4) is 0 Å². The van der Waals surface area contributed by atoms with Gasteiger partial charge in [-0.2, -0.15) is 0 Å². The number of nitro groups is 1. The molecular formula is C11H14N2O4. The van der Waals surface area contributed by atoms with Crippen LogP contribution in [0.4, 0.5) is 5.69 Å². The lowest BCUT2D eigenvalue weighted by Gasteiger charge is -2.17. The summed E-state index contributed by atoms with van der Waals surface area (Å²) in [5.41, 5.74) is 0.527. The minimum Gasteiger partial charge on any atom is -0.481 e. The fraction of sp³-hybridized carbons (Fsp3) is 0.364. The molecule has 17 heavy (non-hydrogen) atoms.